The van der Waals surface area contributed by atoms with Gasteiger partial charge in [-0.15, -0.1) is 0 Å². The molecule has 66 heavy (non-hydrogen) atoms. The zero-order valence-electron chi connectivity index (χ0n) is 36.3. The fourth-order valence-electron chi connectivity index (χ4n) is 10.0. The third kappa shape index (κ3) is 6.84. The maximum atomic E-state index is 2.44. The minimum Gasteiger partial charge on any atom is -0.310 e. The Bertz CT molecular complexity index is 3620. The van der Waals surface area contributed by atoms with Gasteiger partial charge in [0.05, 0.1) is 22.4 Å². The van der Waals surface area contributed by atoms with Crippen molar-refractivity contribution in [3.05, 3.63) is 267 Å². The number of fused-ring (bicyclic) bond motifs is 4. The predicted molar refractivity (Wildman–Crippen MR) is 280 cm³/mol. The van der Waals surface area contributed by atoms with E-state index in [2.05, 4.69) is 276 Å². The highest BCUT2D eigenvalue weighted by molar-refractivity contribution is 6.10. The average Bonchev–Trinajstić information content (AvgIpc) is 3.74. The van der Waals surface area contributed by atoms with Crippen molar-refractivity contribution in [1.29, 1.82) is 0 Å². The van der Waals surface area contributed by atoms with E-state index < -0.39 is 0 Å². The van der Waals surface area contributed by atoms with E-state index in [1.54, 1.807) is 0 Å². The maximum absolute atomic E-state index is 2.44. The molecule has 0 radical (unpaired) electrons. The van der Waals surface area contributed by atoms with Crippen LogP contribution in [0.15, 0.2) is 267 Å². The smallest absolute Gasteiger partial charge is 0.0546 e. The summed E-state index contributed by atoms with van der Waals surface area (Å²) in [6.45, 7) is 0. The lowest BCUT2D eigenvalue weighted by molar-refractivity contribution is 1.18. The number of anilines is 3. The summed E-state index contributed by atoms with van der Waals surface area (Å²) in [5, 5.41) is 4.94. The molecule has 0 N–H and O–H groups in total. The van der Waals surface area contributed by atoms with Gasteiger partial charge in [-0.3, -0.25) is 0 Å². The van der Waals surface area contributed by atoms with Crippen LogP contribution in [0.2, 0.25) is 0 Å². The molecule has 0 spiro atoms. The van der Waals surface area contributed by atoms with Crippen molar-refractivity contribution in [2.24, 2.45) is 0 Å². The van der Waals surface area contributed by atoms with Crippen LogP contribution in [0.4, 0.5) is 17.1 Å². The Balaban J connectivity index is 1.07. The molecule has 0 atom stereocenters. The van der Waals surface area contributed by atoms with Crippen molar-refractivity contribution < 1.29 is 0 Å². The fraction of sp³-hybridized carbons (Fsp3) is 0. The van der Waals surface area contributed by atoms with E-state index in [4.69, 9.17) is 0 Å². The van der Waals surface area contributed by atoms with Gasteiger partial charge in [0.1, 0.15) is 0 Å². The first-order valence-corrected chi connectivity index (χ1v) is 22.7. The summed E-state index contributed by atoms with van der Waals surface area (Å²) in [7, 11) is 0. The Morgan fingerprint density at radius 3 is 1.45 bits per heavy atom. The lowest BCUT2D eigenvalue weighted by Crippen LogP contribution is -2.11. The zero-order chi connectivity index (χ0) is 43.8. The highest BCUT2D eigenvalue weighted by Gasteiger charge is 2.22. The van der Waals surface area contributed by atoms with E-state index in [0.29, 0.717) is 0 Å². The Hall–Kier alpha value is -8.72. The van der Waals surface area contributed by atoms with Gasteiger partial charge < -0.3 is 9.47 Å². The predicted octanol–water partition coefficient (Wildman–Crippen LogP) is 17.7. The molecule has 12 aromatic rings. The molecule has 2 nitrogen and oxygen atoms in total. The summed E-state index contributed by atoms with van der Waals surface area (Å²) in [4.78, 5) is 2.44. The summed E-state index contributed by atoms with van der Waals surface area (Å²) in [5.41, 5.74) is 18.6. The monoisotopic (exact) mass is 840 g/mol. The molecule has 12 rings (SSSR count). The van der Waals surface area contributed by atoms with Gasteiger partial charge >= 0.3 is 0 Å². The van der Waals surface area contributed by atoms with Crippen LogP contribution in [0.25, 0.3) is 93.9 Å². The van der Waals surface area contributed by atoms with E-state index in [1.165, 1.54) is 77.1 Å². The van der Waals surface area contributed by atoms with Crippen LogP contribution < -0.4 is 4.90 Å². The average molecular weight is 841 g/mol. The van der Waals surface area contributed by atoms with E-state index in [-0.39, 0.29) is 0 Å². The molecular formula is C64H44N2. The summed E-state index contributed by atoms with van der Waals surface area (Å²) in [6, 6.07) is 96.9. The van der Waals surface area contributed by atoms with Crippen LogP contribution in [0.3, 0.4) is 0 Å². The number of hydrogen-bond acceptors (Lipinski definition) is 1. The number of para-hydroxylation sites is 3. The molecule has 0 saturated heterocycles. The molecule has 2 heteroatoms. The summed E-state index contributed by atoms with van der Waals surface area (Å²) >= 11 is 0. The van der Waals surface area contributed by atoms with Crippen LogP contribution in [0.5, 0.6) is 0 Å². The first kappa shape index (κ1) is 38.9. The standard InChI is InChI=1S/C64H44N2/c1-4-20-45(21-5-1)53-43-42-51(44-59(53)47-22-6-2-7-23-47)65(60-34-15-12-29-56(60)55-33-18-27-46-24-10-11-28-52(46)55)50-40-38-48(39-41-50)54-32-19-37-63(64(54)49-25-8-3-9-26-49)66-61-35-16-13-30-57(61)58-31-14-17-36-62(58)66/h1-44H. The van der Waals surface area contributed by atoms with Crippen molar-refractivity contribution in [1.82, 2.24) is 4.57 Å². The lowest BCUT2D eigenvalue weighted by Gasteiger charge is -2.29. The zero-order valence-corrected chi connectivity index (χ0v) is 36.3. The van der Waals surface area contributed by atoms with Crippen LogP contribution >= 0.6 is 0 Å². The fourth-order valence-corrected chi connectivity index (χ4v) is 10.0. The van der Waals surface area contributed by atoms with E-state index in [1.807, 2.05) is 0 Å². The van der Waals surface area contributed by atoms with Gasteiger partial charge in [0, 0.05) is 33.3 Å². The molecule has 0 bridgehead atoms. The molecule has 1 aromatic heterocycles. The summed E-state index contributed by atoms with van der Waals surface area (Å²) in [5.74, 6) is 0. The van der Waals surface area contributed by atoms with Gasteiger partial charge in [0.25, 0.3) is 0 Å². The summed E-state index contributed by atoms with van der Waals surface area (Å²) in [6.07, 6.45) is 0. The second-order valence-corrected chi connectivity index (χ2v) is 16.8. The molecule has 310 valence electrons. The van der Waals surface area contributed by atoms with Gasteiger partial charge in [0.15, 0.2) is 0 Å². The number of aromatic nitrogens is 1. The third-order valence-electron chi connectivity index (χ3n) is 13.0. The molecule has 0 unspecified atom stereocenters. The molecule has 0 saturated carbocycles. The van der Waals surface area contributed by atoms with Gasteiger partial charge in [-0.1, -0.05) is 218 Å². The summed E-state index contributed by atoms with van der Waals surface area (Å²) < 4.78 is 2.44. The second kappa shape index (κ2) is 16.8. The van der Waals surface area contributed by atoms with Crippen molar-refractivity contribution in [2.45, 2.75) is 0 Å². The number of benzene rings is 11. The van der Waals surface area contributed by atoms with Gasteiger partial charge in [-0.05, 0) is 104 Å². The molecule has 0 aliphatic rings. The SMILES string of the molecule is c1ccc(-c2ccc(N(c3ccc(-c4cccc(-n5c6ccccc6c6ccccc65)c4-c4ccccc4)cc3)c3ccccc3-c3cccc4ccccc34)cc2-c2ccccc2)cc1. The minimum atomic E-state index is 1.07. The van der Waals surface area contributed by atoms with Crippen LogP contribution in [0.1, 0.15) is 0 Å². The van der Waals surface area contributed by atoms with Gasteiger partial charge in [-0.25, -0.2) is 0 Å². The van der Waals surface area contributed by atoms with Crippen LogP contribution in [0, 0.1) is 0 Å². The van der Waals surface area contributed by atoms with E-state index in [9.17, 15) is 0 Å². The highest BCUT2D eigenvalue weighted by Crippen LogP contribution is 2.47. The maximum Gasteiger partial charge on any atom is 0.0546 e. The molecule has 1 heterocycles. The number of rotatable bonds is 9. The molecular weight excluding hydrogens is 797 g/mol. The first-order chi connectivity index (χ1) is 32.8. The molecule has 0 aliphatic carbocycles. The lowest BCUT2D eigenvalue weighted by atomic mass is 9.92. The largest absolute Gasteiger partial charge is 0.310 e. The Morgan fingerprint density at radius 2 is 0.758 bits per heavy atom. The minimum absolute atomic E-state index is 1.07. The normalized spacial score (nSPS) is 11.3. The molecule has 0 fully saturated rings. The van der Waals surface area contributed by atoms with Gasteiger partial charge in [0.2, 0.25) is 0 Å². The van der Waals surface area contributed by atoms with E-state index >= 15 is 0 Å². The van der Waals surface area contributed by atoms with Crippen molar-refractivity contribution in [3.8, 4) is 61.3 Å². The van der Waals surface area contributed by atoms with Crippen LogP contribution in [-0.2, 0) is 0 Å². The topological polar surface area (TPSA) is 8.17 Å². The third-order valence-corrected chi connectivity index (χ3v) is 13.0. The van der Waals surface area contributed by atoms with Crippen molar-refractivity contribution >= 4 is 49.6 Å². The number of hydrogen-bond donors (Lipinski definition) is 0. The van der Waals surface area contributed by atoms with Crippen molar-refractivity contribution in [2.75, 3.05) is 4.90 Å². The van der Waals surface area contributed by atoms with Crippen LogP contribution in [-0.4, -0.2) is 4.57 Å². The van der Waals surface area contributed by atoms with E-state index in [0.717, 1.165) is 33.9 Å². The quantitative estimate of drug-likeness (QED) is 0.141. The molecule has 0 aliphatic heterocycles. The first-order valence-electron chi connectivity index (χ1n) is 22.7. The second-order valence-electron chi connectivity index (χ2n) is 16.8. The highest BCUT2D eigenvalue weighted by atomic mass is 15.1. The Morgan fingerprint density at radius 1 is 0.273 bits per heavy atom. The molecule has 0 amide bonds. The van der Waals surface area contributed by atoms with Crippen molar-refractivity contribution in [3.63, 3.8) is 0 Å². The Kier molecular flexibility index (Phi) is 9.89. The van der Waals surface area contributed by atoms with Gasteiger partial charge in [-0.2, -0.15) is 0 Å². The Labute approximate surface area is 385 Å². The molecule has 11 aromatic carbocycles. The number of nitrogens with zero attached hydrogens (tertiary/aromatic N) is 2.